The molecule has 1 rings (SSSR count). The van der Waals surface area contributed by atoms with Crippen molar-refractivity contribution in [2.45, 2.75) is 40.2 Å². The summed E-state index contributed by atoms with van der Waals surface area (Å²) in [4.78, 5) is 8.99. The molecule has 0 atom stereocenters. The van der Waals surface area contributed by atoms with Crippen molar-refractivity contribution in [2.75, 3.05) is 20.2 Å². The number of aryl methyl sites for hydroxylation is 2. The first-order valence-electron chi connectivity index (χ1n) is 6.24. The van der Waals surface area contributed by atoms with Crippen LogP contribution in [0.1, 0.15) is 36.1 Å². The van der Waals surface area contributed by atoms with Crippen LogP contribution in [-0.4, -0.2) is 30.2 Å². The Kier molecular flexibility index (Phi) is 6.08. The lowest BCUT2D eigenvalue weighted by Gasteiger charge is -2.10. The lowest BCUT2D eigenvalue weighted by molar-refractivity contribution is 0.128. The minimum atomic E-state index is 0.509. The molecule has 0 aliphatic carbocycles. The fourth-order valence-electron chi connectivity index (χ4n) is 1.87. The van der Waals surface area contributed by atoms with Gasteiger partial charge >= 0.3 is 0 Å². The minimum absolute atomic E-state index is 0.509. The Hall–Kier alpha value is -1.00. The summed E-state index contributed by atoms with van der Waals surface area (Å²) in [5.41, 5.74) is 3.45. The summed E-state index contributed by atoms with van der Waals surface area (Å²) in [5, 5.41) is 3.16. The van der Waals surface area contributed by atoms with Gasteiger partial charge in [0.05, 0.1) is 0 Å². The van der Waals surface area contributed by atoms with Crippen molar-refractivity contribution < 1.29 is 4.74 Å². The van der Waals surface area contributed by atoms with Crippen LogP contribution in [0.4, 0.5) is 0 Å². The maximum Gasteiger partial charge on any atom is 0.154 e. The molecule has 1 N–H and O–H groups in total. The van der Waals surface area contributed by atoms with Crippen LogP contribution in [-0.2, 0) is 17.8 Å². The molecule has 0 saturated carbocycles. The van der Waals surface area contributed by atoms with Gasteiger partial charge in [0.25, 0.3) is 0 Å². The van der Waals surface area contributed by atoms with Gasteiger partial charge in [-0.1, -0.05) is 0 Å². The normalized spacial score (nSPS) is 10.8. The third-order valence-corrected chi connectivity index (χ3v) is 2.76. The predicted octanol–water partition coefficient (Wildman–Crippen LogP) is 1.78. The Labute approximate surface area is 104 Å². The second-order valence-corrected chi connectivity index (χ2v) is 4.13. The van der Waals surface area contributed by atoms with E-state index in [0.717, 1.165) is 36.6 Å². The molecule has 17 heavy (non-hydrogen) atoms. The van der Waals surface area contributed by atoms with Crippen molar-refractivity contribution in [1.29, 1.82) is 0 Å². The van der Waals surface area contributed by atoms with Crippen LogP contribution in [0, 0.1) is 13.8 Å². The number of nitrogens with zero attached hydrogens (tertiary/aromatic N) is 2. The molecule has 1 aromatic heterocycles. The Morgan fingerprint density at radius 3 is 2.35 bits per heavy atom. The Morgan fingerprint density at radius 2 is 1.82 bits per heavy atom. The second-order valence-electron chi connectivity index (χ2n) is 4.13. The van der Waals surface area contributed by atoms with E-state index in [1.54, 1.807) is 0 Å². The van der Waals surface area contributed by atoms with E-state index in [1.165, 1.54) is 5.56 Å². The van der Waals surface area contributed by atoms with Gasteiger partial charge < -0.3 is 10.1 Å². The zero-order valence-electron chi connectivity index (χ0n) is 11.3. The van der Waals surface area contributed by atoms with Crippen LogP contribution in [0.2, 0.25) is 0 Å². The van der Waals surface area contributed by atoms with Crippen molar-refractivity contribution in [1.82, 2.24) is 15.3 Å². The minimum Gasteiger partial charge on any atom is -0.374 e. The van der Waals surface area contributed by atoms with Gasteiger partial charge in [0.1, 0.15) is 6.61 Å². The van der Waals surface area contributed by atoms with E-state index in [9.17, 15) is 0 Å². The first-order chi connectivity index (χ1) is 8.19. The molecule has 0 aliphatic heterocycles. The summed E-state index contributed by atoms with van der Waals surface area (Å²) in [6.45, 7) is 8.32. The van der Waals surface area contributed by atoms with E-state index in [0.29, 0.717) is 13.2 Å². The molecule has 0 aromatic carbocycles. The second kappa shape index (κ2) is 7.35. The number of aromatic nitrogens is 2. The van der Waals surface area contributed by atoms with Crippen LogP contribution in [0.3, 0.4) is 0 Å². The molecule has 0 fully saturated rings. The molecule has 4 heteroatoms. The van der Waals surface area contributed by atoms with Gasteiger partial charge in [-0.3, -0.25) is 0 Å². The van der Waals surface area contributed by atoms with E-state index in [1.807, 2.05) is 14.0 Å². The Bertz CT molecular complexity index is 330. The lowest BCUT2D eigenvalue weighted by Crippen LogP contribution is -2.11. The highest BCUT2D eigenvalue weighted by atomic mass is 16.5. The van der Waals surface area contributed by atoms with Crippen molar-refractivity contribution in [3.05, 3.63) is 22.8 Å². The summed E-state index contributed by atoms with van der Waals surface area (Å²) in [6, 6.07) is 0. The number of hydrogen-bond acceptors (Lipinski definition) is 4. The zero-order valence-corrected chi connectivity index (χ0v) is 11.3. The molecule has 0 aliphatic rings. The van der Waals surface area contributed by atoms with Gasteiger partial charge in [-0.2, -0.15) is 0 Å². The van der Waals surface area contributed by atoms with Gasteiger partial charge in [0.2, 0.25) is 0 Å². The molecule has 1 aromatic rings. The summed E-state index contributed by atoms with van der Waals surface area (Å²) in [7, 11) is 1.97. The van der Waals surface area contributed by atoms with Gasteiger partial charge in [-0.05, 0) is 52.8 Å². The molecule has 0 radical (unpaired) electrons. The molecule has 4 nitrogen and oxygen atoms in total. The molecule has 0 saturated heterocycles. The van der Waals surface area contributed by atoms with Crippen molar-refractivity contribution in [3.8, 4) is 0 Å². The first-order valence-corrected chi connectivity index (χ1v) is 6.24. The van der Waals surface area contributed by atoms with Crippen molar-refractivity contribution in [3.63, 3.8) is 0 Å². The number of rotatable bonds is 7. The highest BCUT2D eigenvalue weighted by molar-refractivity contribution is 5.24. The summed E-state index contributed by atoms with van der Waals surface area (Å²) >= 11 is 0. The maximum absolute atomic E-state index is 5.33. The van der Waals surface area contributed by atoms with Crippen LogP contribution < -0.4 is 5.32 Å². The van der Waals surface area contributed by atoms with Crippen LogP contribution in [0.25, 0.3) is 0 Å². The fraction of sp³-hybridized carbons (Fsp3) is 0.692. The van der Waals surface area contributed by atoms with Crippen LogP contribution >= 0.6 is 0 Å². The summed E-state index contributed by atoms with van der Waals surface area (Å²) < 4.78 is 5.33. The average Bonchev–Trinajstić information content (AvgIpc) is 2.30. The van der Waals surface area contributed by atoms with Gasteiger partial charge in [0.15, 0.2) is 5.82 Å². The highest BCUT2D eigenvalue weighted by Gasteiger charge is 2.08. The molecule has 0 unspecified atom stereocenters. The third kappa shape index (κ3) is 4.40. The van der Waals surface area contributed by atoms with E-state index in [2.05, 4.69) is 29.1 Å². The van der Waals surface area contributed by atoms with E-state index in [-0.39, 0.29) is 0 Å². The van der Waals surface area contributed by atoms with Crippen LogP contribution in [0.5, 0.6) is 0 Å². The van der Waals surface area contributed by atoms with E-state index < -0.39 is 0 Å². The number of hydrogen-bond donors (Lipinski definition) is 1. The molecule has 0 spiro atoms. The lowest BCUT2D eigenvalue weighted by atomic mass is 10.1. The standard InChI is InChI=1S/C13H23N3O/c1-5-17-9-13-15-10(2)12(11(3)16-13)7-6-8-14-4/h14H,5-9H2,1-4H3. The maximum atomic E-state index is 5.33. The summed E-state index contributed by atoms with van der Waals surface area (Å²) in [5.74, 6) is 0.791. The third-order valence-electron chi connectivity index (χ3n) is 2.76. The Morgan fingerprint density at radius 1 is 1.18 bits per heavy atom. The van der Waals surface area contributed by atoms with Crippen LogP contribution in [0.15, 0.2) is 0 Å². The monoisotopic (exact) mass is 237 g/mol. The largest absolute Gasteiger partial charge is 0.374 e. The molecule has 96 valence electrons. The number of ether oxygens (including phenoxy) is 1. The van der Waals surface area contributed by atoms with E-state index >= 15 is 0 Å². The molecular weight excluding hydrogens is 214 g/mol. The highest BCUT2D eigenvalue weighted by Crippen LogP contribution is 2.12. The Balaban J connectivity index is 2.72. The smallest absolute Gasteiger partial charge is 0.154 e. The molecular formula is C13H23N3O. The zero-order chi connectivity index (χ0) is 12.7. The SMILES string of the molecule is CCOCc1nc(C)c(CCCNC)c(C)n1. The predicted molar refractivity (Wildman–Crippen MR) is 69.1 cm³/mol. The van der Waals surface area contributed by atoms with Crippen molar-refractivity contribution >= 4 is 0 Å². The quantitative estimate of drug-likeness (QED) is 0.734. The van der Waals surface area contributed by atoms with E-state index in [4.69, 9.17) is 4.74 Å². The van der Waals surface area contributed by atoms with Gasteiger partial charge in [0, 0.05) is 18.0 Å². The fourth-order valence-corrected chi connectivity index (χ4v) is 1.87. The summed E-state index contributed by atoms with van der Waals surface area (Å²) in [6.07, 6.45) is 2.15. The van der Waals surface area contributed by atoms with Crippen molar-refractivity contribution in [2.24, 2.45) is 0 Å². The van der Waals surface area contributed by atoms with Gasteiger partial charge in [-0.25, -0.2) is 9.97 Å². The molecule has 1 heterocycles. The topological polar surface area (TPSA) is 47.0 Å². The molecule has 0 amide bonds. The average molecular weight is 237 g/mol. The molecule has 0 bridgehead atoms. The van der Waals surface area contributed by atoms with Gasteiger partial charge in [-0.15, -0.1) is 0 Å². The first kappa shape index (κ1) is 14.1. The number of nitrogens with one attached hydrogen (secondary N) is 1.